The fourth-order valence-corrected chi connectivity index (χ4v) is 1.54. The van der Waals surface area contributed by atoms with Crippen molar-refractivity contribution in [2.24, 2.45) is 0 Å². The van der Waals surface area contributed by atoms with E-state index < -0.39 is 17.5 Å². The van der Waals surface area contributed by atoms with Crippen molar-refractivity contribution in [2.75, 3.05) is 0 Å². The van der Waals surface area contributed by atoms with Gasteiger partial charge in [-0.1, -0.05) is 0 Å². The Morgan fingerprint density at radius 2 is 1.81 bits per heavy atom. The standard InChI is InChI=1S/C14H6F3N3O/c15-14(16,17)12-5-9(6-18)1-4-13(12)21-11-3-2-10(7-19)20-8-11/h1-5,8H. The third kappa shape index (κ3) is 3.28. The van der Waals surface area contributed by atoms with E-state index in [2.05, 4.69) is 4.98 Å². The normalized spacial score (nSPS) is 10.5. The smallest absolute Gasteiger partial charge is 0.420 e. The lowest BCUT2D eigenvalue weighted by atomic mass is 10.1. The third-order valence-electron chi connectivity index (χ3n) is 2.49. The van der Waals surface area contributed by atoms with E-state index in [1.54, 1.807) is 12.1 Å². The number of pyridine rings is 1. The van der Waals surface area contributed by atoms with Gasteiger partial charge in [0.05, 0.1) is 23.4 Å². The number of nitrogens with zero attached hydrogens (tertiary/aromatic N) is 3. The molecule has 0 aliphatic rings. The van der Waals surface area contributed by atoms with Gasteiger partial charge in [0.2, 0.25) is 0 Å². The molecule has 2 rings (SSSR count). The molecule has 4 nitrogen and oxygen atoms in total. The SMILES string of the molecule is N#Cc1ccc(Oc2ccc(C#N)nc2)c(C(F)(F)F)c1. The van der Waals surface area contributed by atoms with Crippen LogP contribution in [0, 0.1) is 22.7 Å². The molecule has 0 fully saturated rings. The molecule has 0 radical (unpaired) electrons. The van der Waals surface area contributed by atoms with Gasteiger partial charge in [-0.25, -0.2) is 4.98 Å². The van der Waals surface area contributed by atoms with Crippen molar-refractivity contribution < 1.29 is 17.9 Å². The van der Waals surface area contributed by atoms with Crippen LogP contribution in [0.5, 0.6) is 11.5 Å². The van der Waals surface area contributed by atoms with E-state index in [0.29, 0.717) is 6.07 Å². The molecule has 0 bridgehead atoms. The lowest BCUT2D eigenvalue weighted by Crippen LogP contribution is -2.07. The fraction of sp³-hybridized carbons (Fsp3) is 0.0714. The first-order valence-corrected chi connectivity index (χ1v) is 5.59. The average Bonchev–Trinajstić information content (AvgIpc) is 2.47. The predicted molar refractivity (Wildman–Crippen MR) is 65.2 cm³/mol. The van der Waals surface area contributed by atoms with Gasteiger partial charge in [0.15, 0.2) is 0 Å². The summed E-state index contributed by atoms with van der Waals surface area (Å²) in [7, 11) is 0. The van der Waals surface area contributed by atoms with Crippen LogP contribution in [0.1, 0.15) is 16.8 Å². The highest BCUT2D eigenvalue weighted by atomic mass is 19.4. The topological polar surface area (TPSA) is 69.7 Å². The Hall–Kier alpha value is -3.06. The molecule has 0 amide bonds. The van der Waals surface area contributed by atoms with Gasteiger partial charge in [-0.3, -0.25) is 0 Å². The minimum Gasteiger partial charge on any atom is -0.455 e. The van der Waals surface area contributed by atoms with Gasteiger partial charge >= 0.3 is 6.18 Å². The number of alkyl halides is 3. The van der Waals surface area contributed by atoms with Crippen LogP contribution in [-0.2, 0) is 6.18 Å². The van der Waals surface area contributed by atoms with E-state index in [0.717, 1.165) is 12.3 Å². The summed E-state index contributed by atoms with van der Waals surface area (Å²) in [6.45, 7) is 0. The maximum absolute atomic E-state index is 12.9. The second-order valence-electron chi connectivity index (χ2n) is 3.91. The molecule has 1 aromatic carbocycles. The minimum absolute atomic E-state index is 0.0595. The highest BCUT2D eigenvalue weighted by Crippen LogP contribution is 2.38. The predicted octanol–water partition coefficient (Wildman–Crippen LogP) is 3.64. The summed E-state index contributed by atoms with van der Waals surface area (Å²) in [5, 5.41) is 17.3. The molecular formula is C14H6F3N3O. The molecule has 0 spiro atoms. The summed E-state index contributed by atoms with van der Waals surface area (Å²) < 4.78 is 43.9. The highest BCUT2D eigenvalue weighted by Gasteiger charge is 2.35. The Morgan fingerprint density at radius 1 is 1.05 bits per heavy atom. The van der Waals surface area contributed by atoms with Gasteiger partial charge in [-0.15, -0.1) is 0 Å². The highest BCUT2D eigenvalue weighted by molar-refractivity contribution is 5.45. The van der Waals surface area contributed by atoms with Crippen molar-refractivity contribution in [2.45, 2.75) is 6.18 Å². The first-order chi connectivity index (χ1) is 9.94. The number of hydrogen-bond acceptors (Lipinski definition) is 4. The van der Waals surface area contributed by atoms with Crippen molar-refractivity contribution in [1.82, 2.24) is 4.98 Å². The molecule has 0 saturated heterocycles. The molecule has 0 atom stereocenters. The Balaban J connectivity index is 2.39. The van der Waals surface area contributed by atoms with Crippen LogP contribution in [-0.4, -0.2) is 4.98 Å². The van der Waals surface area contributed by atoms with Crippen LogP contribution in [0.25, 0.3) is 0 Å². The van der Waals surface area contributed by atoms with Crippen LogP contribution in [0.15, 0.2) is 36.5 Å². The Bertz CT molecular complexity index is 740. The van der Waals surface area contributed by atoms with Crippen LogP contribution in [0.2, 0.25) is 0 Å². The summed E-state index contributed by atoms with van der Waals surface area (Å²) in [5.74, 6) is -0.378. The van der Waals surface area contributed by atoms with Gasteiger partial charge in [-0.05, 0) is 30.3 Å². The number of rotatable bonds is 2. The maximum Gasteiger partial charge on any atom is 0.420 e. The van der Waals surface area contributed by atoms with Crippen molar-refractivity contribution in [1.29, 1.82) is 10.5 Å². The first kappa shape index (κ1) is 14.4. The van der Waals surface area contributed by atoms with E-state index in [9.17, 15) is 13.2 Å². The van der Waals surface area contributed by atoms with Crippen LogP contribution >= 0.6 is 0 Å². The summed E-state index contributed by atoms with van der Waals surface area (Å²) >= 11 is 0. The molecule has 7 heteroatoms. The van der Waals surface area contributed by atoms with Crippen molar-refractivity contribution in [3.63, 3.8) is 0 Å². The molecule has 2 aromatic rings. The van der Waals surface area contributed by atoms with Gasteiger partial charge in [0.25, 0.3) is 0 Å². The lowest BCUT2D eigenvalue weighted by Gasteiger charge is -2.13. The Labute approximate surface area is 117 Å². The Kier molecular flexibility index (Phi) is 3.77. The van der Waals surface area contributed by atoms with E-state index in [4.69, 9.17) is 15.3 Å². The van der Waals surface area contributed by atoms with E-state index in [1.165, 1.54) is 18.2 Å². The van der Waals surface area contributed by atoms with Gasteiger partial charge < -0.3 is 4.74 Å². The molecular weight excluding hydrogens is 283 g/mol. The number of hydrogen-bond donors (Lipinski definition) is 0. The zero-order valence-electron chi connectivity index (χ0n) is 10.3. The Morgan fingerprint density at radius 3 is 2.33 bits per heavy atom. The number of nitriles is 2. The number of aromatic nitrogens is 1. The monoisotopic (exact) mass is 289 g/mol. The maximum atomic E-state index is 12.9. The van der Waals surface area contributed by atoms with Crippen LogP contribution in [0.4, 0.5) is 13.2 Å². The molecule has 1 heterocycles. The van der Waals surface area contributed by atoms with Crippen molar-refractivity contribution in [3.8, 4) is 23.6 Å². The number of halogens is 3. The summed E-state index contributed by atoms with van der Waals surface area (Å²) in [6.07, 6.45) is -3.50. The fourth-order valence-electron chi connectivity index (χ4n) is 1.54. The van der Waals surface area contributed by atoms with Crippen molar-refractivity contribution >= 4 is 0 Å². The number of ether oxygens (including phenoxy) is 1. The third-order valence-corrected chi connectivity index (χ3v) is 2.49. The largest absolute Gasteiger partial charge is 0.455 e. The lowest BCUT2D eigenvalue weighted by molar-refractivity contribution is -0.138. The molecule has 0 aliphatic carbocycles. The average molecular weight is 289 g/mol. The number of benzene rings is 1. The van der Waals surface area contributed by atoms with Crippen molar-refractivity contribution in [3.05, 3.63) is 53.3 Å². The second kappa shape index (κ2) is 5.51. The zero-order chi connectivity index (χ0) is 15.5. The molecule has 0 aliphatic heterocycles. The molecule has 21 heavy (non-hydrogen) atoms. The molecule has 0 unspecified atom stereocenters. The molecule has 1 aromatic heterocycles. The van der Waals surface area contributed by atoms with Gasteiger partial charge in [0.1, 0.15) is 23.3 Å². The minimum atomic E-state index is -4.65. The molecule has 0 saturated carbocycles. The summed E-state index contributed by atoms with van der Waals surface area (Å²) in [5.41, 5.74) is -1.04. The first-order valence-electron chi connectivity index (χ1n) is 5.59. The quantitative estimate of drug-likeness (QED) is 0.846. The van der Waals surface area contributed by atoms with Gasteiger partial charge in [-0.2, -0.15) is 23.7 Å². The molecule has 0 N–H and O–H groups in total. The van der Waals surface area contributed by atoms with Crippen LogP contribution < -0.4 is 4.74 Å². The summed E-state index contributed by atoms with van der Waals surface area (Å²) in [6, 6.07) is 9.10. The zero-order valence-corrected chi connectivity index (χ0v) is 10.3. The van der Waals surface area contributed by atoms with Crippen LogP contribution in [0.3, 0.4) is 0 Å². The summed E-state index contributed by atoms with van der Waals surface area (Å²) in [4.78, 5) is 3.70. The van der Waals surface area contributed by atoms with E-state index >= 15 is 0 Å². The second-order valence-corrected chi connectivity index (χ2v) is 3.91. The van der Waals surface area contributed by atoms with E-state index in [-0.39, 0.29) is 17.0 Å². The molecule has 104 valence electrons. The van der Waals surface area contributed by atoms with E-state index in [1.807, 2.05) is 0 Å². The van der Waals surface area contributed by atoms with Gasteiger partial charge in [0, 0.05) is 0 Å².